The van der Waals surface area contributed by atoms with Crippen LogP contribution in [-0.2, 0) is 0 Å². The third-order valence-corrected chi connectivity index (χ3v) is 4.27. The maximum absolute atomic E-state index is 11.8. The summed E-state index contributed by atoms with van der Waals surface area (Å²) in [6, 6.07) is 3.99. The minimum absolute atomic E-state index is 0.105. The van der Waals surface area contributed by atoms with Gasteiger partial charge >= 0.3 is 0 Å². The lowest BCUT2D eigenvalue weighted by Crippen LogP contribution is -2.25. The van der Waals surface area contributed by atoms with Crippen LogP contribution in [0.15, 0.2) is 22.9 Å². The van der Waals surface area contributed by atoms with E-state index in [1.807, 2.05) is 17.5 Å². The molecule has 2 rings (SSSR count). The van der Waals surface area contributed by atoms with Gasteiger partial charge in [0.1, 0.15) is 10.7 Å². The highest BCUT2D eigenvalue weighted by Crippen LogP contribution is 2.27. The van der Waals surface area contributed by atoms with Crippen molar-refractivity contribution in [1.82, 2.24) is 10.3 Å². The van der Waals surface area contributed by atoms with E-state index >= 15 is 0 Å². The van der Waals surface area contributed by atoms with E-state index in [9.17, 15) is 4.79 Å². The summed E-state index contributed by atoms with van der Waals surface area (Å²) in [6.07, 6.45) is 1.84. The molecular formula is C12H15N3OS2. The predicted octanol–water partition coefficient (Wildman–Crippen LogP) is 2.34. The molecule has 0 aliphatic rings. The number of amides is 1. The Hall–Kier alpha value is -1.24. The first-order valence-electron chi connectivity index (χ1n) is 5.79. The van der Waals surface area contributed by atoms with Gasteiger partial charge in [-0.1, -0.05) is 6.07 Å². The molecule has 4 nitrogen and oxygen atoms in total. The Bertz CT molecular complexity index is 493. The molecule has 3 N–H and O–H groups in total. The van der Waals surface area contributed by atoms with Gasteiger partial charge in [-0.2, -0.15) is 0 Å². The summed E-state index contributed by atoms with van der Waals surface area (Å²) >= 11 is 3.13. The van der Waals surface area contributed by atoms with Crippen LogP contribution in [0, 0.1) is 0 Å². The summed E-state index contributed by atoms with van der Waals surface area (Å²) in [5, 5.41) is 7.55. The van der Waals surface area contributed by atoms with Gasteiger partial charge in [-0.25, -0.2) is 4.98 Å². The molecule has 0 radical (unpaired) electrons. The smallest absolute Gasteiger partial charge is 0.270 e. The largest absolute Gasteiger partial charge is 0.351 e. The van der Waals surface area contributed by atoms with Crippen LogP contribution >= 0.6 is 22.7 Å². The average Bonchev–Trinajstić information content (AvgIpc) is 3.03. The molecule has 0 atom stereocenters. The molecule has 0 aliphatic carbocycles. The number of hydrogen-bond acceptors (Lipinski definition) is 5. The molecule has 0 spiro atoms. The second-order valence-corrected chi connectivity index (χ2v) is 5.57. The van der Waals surface area contributed by atoms with Crippen molar-refractivity contribution >= 4 is 28.6 Å². The number of thiophene rings is 1. The van der Waals surface area contributed by atoms with Crippen molar-refractivity contribution in [2.24, 2.45) is 5.73 Å². The predicted molar refractivity (Wildman–Crippen MR) is 76.0 cm³/mol. The SMILES string of the molecule is NCCCCNC(=O)c1csc(-c2cccs2)n1. The molecule has 2 heterocycles. The molecule has 0 unspecified atom stereocenters. The highest BCUT2D eigenvalue weighted by Gasteiger charge is 2.11. The zero-order valence-corrected chi connectivity index (χ0v) is 11.5. The highest BCUT2D eigenvalue weighted by molar-refractivity contribution is 7.20. The van der Waals surface area contributed by atoms with Crippen LogP contribution < -0.4 is 11.1 Å². The number of thiazole rings is 1. The lowest BCUT2D eigenvalue weighted by molar-refractivity contribution is 0.0949. The molecule has 1 amide bonds. The van der Waals surface area contributed by atoms with E-state index in [1.165, 1.54) is 11.3 Å². The Morgan fingerprint density at radius 1 is 1.39 bits per heavy atom. The Morgan fingerprint density at radius 3 is 3.00 bits per heavy atom. The minimum atomic E-state index is -0.105. The molecule has 0 aliphatic heterocycles. The second-order valence-electron chi connectivity index (χ2n) is 3.77. The van der Waals surface area contributed by atoms with E-state index in [1.54, 1.807) is 16.7 Å². The molecule has 2 aromatic heterocycles. The maximum atomic E-state index is 11.8. The molecule has 96 valence electrons. The Labute approximate surface area is 114 Å². The lowest BCUT2D eigenvalue weighted by atomic mass is 10.3. The maximum Gasteiger partial charge on any atom is 0.270 e. The van der Waals surface area contributed by atoms with Gasteiger partial charge in [0, 0.05) is 11.9 Å². The van der Waals surface area contributed by atoms with E-state index in [-0.39, 0.29) is 5.91 Å². The summed E-state index contributed by atoms with van der Waals surface area (Å²) in [6.45, 7) is 1.32. The van der Waals surface area contributed by atoms with E-state index < -0.39 is 0 Å². The Morgan fingerprint density at radius 2 is 2.28 bits per heavy atom. The van der Waals surface area contributed by atoms with E-state index in [4.69, 9.17) is 5.73 Å². The van der Waals surface area contributed by atoms with Gasteiger partial charge in [-0.05, 0) is 30.8 Å². The molecule has 0 bridgehead atoms. The zero-order chi connectivity index (χ0) is 12.8. The first-order chi connectivity index (χ1) is 8.81. The van der Waals surface area contributed by atoms with Crippen LogP contribution in [0.5, 0.6) is 0 Å². The van der Waals surface area contributed by atoms with Crippen molar-refractivity contribution in [3.63, 3.8) is 0 Å². The number of nitrogens with zero attached hydrogens (tertiary/aromatic N) is 1. The number of carbonyl (C=O) groups excluding carboxylic acids is 1. The lowest BCUT2D eigenvalue weighted by Gasteiger charge is -2.01. The first kappa shape index (κ1) is 13.2. The number of carbonyl (C=O) groups is 1. The average molecular weight is 281 g/mol. The molecule has 0 saturated heterocycles. The number of nitrogens with two attached hydrogens (primary N) is 1. The normalized spacial score (nSPS) is 10.5. The van der Waals surface area contributed by atoms with Crippen molar-refractivity contribution in [3.05, 3.63) is 28.6 Å². The fraction of sp³-hybridized carbons (Fsp3) is 0.333. The van der Waals surface area contributed by atoms with Crippen molar-refractivity contribution in [1.29, 1.82) is 0 Å². The number of aromatic nitrogens is 1. The standard InChI is InChI=1S/C12H15N3OS2/c13-5-1-2-6-14-11(16)9-8-18-12(15-9)10-4-3-7-17-10/h3-4,7-8H,1-2,5-6,13H2,(H,14,16). The van der Waals surface area contributed by atoms with Crippen molar-refractivity contribution in [3.8, 4) is 9.88 Å². The minimum Gasteiger partial charge on any atom is -0.351 e. The van der Waals surface area contributed by atoms with E-state index in [0.29, 0.717) is 18.8 Å². The van der Waals surface area contributed by atoms with E-state index in [2.05, 4.69) is 10.3 Å². The Kier molecular flexibility index (Phi) is 4.86. The van der Waals surface area contributed by atoms with Crippen LogP contribution in [0.3, 0.4) is 0 Å². The van der Waals surface area contributed by atoms with Gasteiger partial charge in [-0.15, -0.1) is 22.7 Å². The molecule has 0 aromatic carbocycles. The van der Waals surface area contributed by atoms with Crippen LogP contribution in [0.25, 0.3) is 9.88 Å². The summed E-state index contributed by atoms with van der Waals surface area (Å²) < 4.78 is 0. The van der Waals surface area contributed by atoms with Crippen LogP contribution in [-0.4, -0.2) is 24.0 Å². The molecule has 0 saturated carbocycles. The van der Waals surface area contributed by atoms with Gasteiger partial charge in [0.25, 0.3) is 5.91 Å². The molecule has 6 heteroatoms. The molecular weight excluding hydrogens is 266 g/mol. The zero-order valence-electron chi connectivity index (χ0n) is 9.89. The molecule has 2 aromatic rings. The molecule has 18 heavy (non-hydrogen) atoms. The van der Waals surface area contributed by atoms with Crippen molar-refractivity contribution in [2.75, 3.05) is 13.1 Å². The van der Waals surface area contributed by atoms with Crippen molar-refractivity contribution in [2.45, 2.75) is 12.8 Å². The van der Waals surface area contributed by atoms with E-state index in [0.717, 1.165) is 22.7 Å². The number of unbranched alkanes of at least 4 members (excludes halogenated alkanes) is 1. The fourth-order valence-electron chi connectivity index (χ4n) is 1.45. The van der Waals surface area contributed by atoms with Crippen LogP contribution in [0.1, 0.15) is 23.3 Å². The summed E-state index contributed by atoms with van der Waals surface area (Å²) in [5.41, 5.74) is 5.89. The van der Waals surface area contributed by atoms with Gasteiger partial charge < -0.3 is 11.1 Å². The van der Waals surface area contributed by atoms with Gasteiger partial charge in [-0.3, -0.25) is 4.79 Å². The fourth-order valence-corrected chi connectivity index (χ4v) is 3.07. The second kappa shape index (κ2) is 6.63. The Balaban J connectivity index is 1.91. The number of rotatable bonds is 6. The third kappa shape index (κ3) is 3.38. The summed E-state index contributed by atoms with van der Waals surface area (Å²) in [4.78, 5) is 17.2. The third-order valence-electron chi connectivity index (χ3n) is 2.39. The number of hydrogen-bond donors (Lipinski definition) is 2. The van der Waals surface area contributed by atoms with Gasteiger partial charge in [0.15, 0.2) is 0 Å². The first-order valence-corrected chi connectivity index (χ1v) is 7.55. The van der Waals surface area contributed by atoms with Crippen molar-refractivity contribution < 1.29 is 4.79 Å². The number of nitrogens with one attached hydrogen (secondary N) is 1. The van der Waals surface area contributed by atoms with Crippen LogP contribution in [0.2, 0.25) is 0 Å². The summed E-state index contributed by atoms with van der Waals surface area (Å²) in [5.74, 6) is -0.105. The summed E-state index contributed by atoms with van der Waals surface area (Å²) in [7, 11) is 0. The quantitative estimate of drug-likeness (QED) is 0.799. The van der Waals surface area contributed by atoms with Gasteiger partial charge in [0.2, 0.25) is 0 Å². The monoisotopic (exact) mass is 281 g/mol. The molecule has 0 fully saturated rings. The van der Waals surface area contributed by atoms with Crippen LogP contribution in [0.4, 0.5) is 0 Å². The topological polar surface area (TPSA) is 68.0 Å². The van der Waals surface area contributed by atoms with Gasteiger partial charge in [0.05, 0.1) is 4.88 Å². The highest BCUT2D eigenvalue weighted by atomic mass is 32.1.